The smallest absolute Gasteiger partial charge is 0.118 e. The molecule has 1 unspecified atom stereocenters. The normalized spacial score (nSPS) is 12.1. The molecule has 0 aliphatic carbocycles. The van der Waals surface area contributed by atoms with E-state index in [0.29, 0.717) is 5.92 Å². The topological polar surface area (TPSA) is 21.3 Å². The van der Waals surface area contributed by atoms with Crippen LogP contribution in [0.5, 0.6) is 5.75 Å². The minimum atomic E-state index is 0.377. The Morgan fingerprint density at radius 2 is 1.56 bits per heavy atom. The molecule has 0 amide bonds. The lowest BCUT2D eigenvalue weighted by Gasteiger charge is -2.18. The summed E-state index contributed by atoms with van der Waals surface area (Å²) in [5.74, 6) is 1.28. The Morgan fingerprint density at radius 1 is 0.944 bits per heavy atom. The third kappa shape index (κ3) is 2.90. The highest BCUT2D eigenvalue weighted by Crippen LogP contribution is 2.25. The first-order chi connectivity index (χ1) is 8.85. The minimum absolute atomic E-state index is 0.377. The molecule has 0 saturated carbocycles. The molecular weight excluding hydrogens is 222 g/mol. The number of ether oxygens (including phenoxy) is 1. The van der Waals surface area contributed by atoms with Gasteiger partial charge in [-0.15, -0.1) is 0 Å². The van der Waals surface area contributed by atoms with Crippen molar-refractivity contribution < 1.29 is 4.74 Å². The molecule has 0 saturated heterocycles. The Kier molecular flexibility index (Phi) is 4.37. The lowest BCUT2D eigenvalue weighted by molar-refractivity contribution is 0.414. The molecule has 2 aromatic rings. The monoisotopic (exact) mass is 241 g/mol. The Bertz CT molecular complexity index is 464. The first kappa shape index (κ1) is 12.7. The van der Waals surface area contributed by atoms with Crippen LogP contribution in [0.3, 0.4) is 0 Å². The fourth-order valence-corrected chi connectivity index (χ4v) is 2.15. The standard InChI is InChI=1S/C16H19NO/c1-17-12-16(13-6-4-3-5-7-13)14-8-10-15(18-2)11-9-14/h3-11,16-17H,12H2,1-2H3. The van der Waals surface area contributed by atoms with Crippen molar-refractivity contribution >= 4 is 0 Å². The summed E-state index contributed by atoms with van der Waals surface area (Å²) in [6.07, 6.45) is 0. The first-order valence-electron chi connectivity index (χ1n) is 6.18. The van der Waals surface area contributed by atoms with Gasteiger partial charge in [0.1, 0.15) is 5.75 Å². The van der Waals surface area contributed by atoms with Gasteiger partial charge in [0.05, 0.1) is 7.11 Å². The van der Waals surface area contributed by atoms with Gasteiger partial charge in [-0.1, -0.05) is 42.5 Å². The molecule has 1 atom stereocenters. The van der Waals surface area contributed by atoms with E-state index in [-0.39, 0.29) is 0 Å². The Labute approximate surface area is 109 Å². The van der Waals surface area contributed by atoms with Gasteiger partial charge < -0.3 is 10.1 Å². The zero-order valence-electron chi connectivity index (χ0n) is 10.9. The number of rotatable bonds is 5. The van der Waals surface area contributed by atoms with Crippen molar-refractivity contribution in [2.24, 2.45) is 0 Å². The van der Waals surface area contributed by atoms with Gasteiger partial charge in [-0.05, 0) is 30.3 Å². The van der Waals surface area contributed by atoms with E-state index < -0.39 is 0 Å². The van der Waals surface area contributed by atoms with Crippen molar-refractivity contribution in [1.29, 1.82) is 0 Å². The number of benzene rings is 2. The van der Waals surface area contributed by atoms with Crippen LogP contribution in [0.2, 0.25) is 0 Å². The molecule has 0 spiro atoms. The summed E-state index contributed by atoms with van der Waals surface area (Å²) in [6, 6.07) is 18.9. The van der Waals surface area contributed by atoms with Crippen molar-refractivity contribution in [2.75, 3.05) is 20.7 Å². The third-order valence-electron chi connectivity index (χ3n) is 3.13. The average Bonchev–Trinajstić information content (AvgIpc) is 2.46. The van der Waals surface area contributed by atoms with E-state index >= 15 is 0 Å². The Morgan fingerprint density at radius 3 is 2.11 bits per heavy atom. The third-order valence-corrected chi connectivity index (χ3v) is 3.13. The SMILES string of the molecule is CNCC(c1ccccc1)c1ccc(OC)cc1. The number of hydrogen-bond acceptors (Lipinski definition) is 2. The zero-order chi connectivity index (χ0) is 12.8. The highest BCUT2D eigenvalue weighted by molar-refractivity contribution is 5.36. The molecule has 94 valence electrons. The van der Waals surface area contributed by atoms with Gasteiger partial charge in [0.25, 0.3) is 0 Å². The van der Waals surface area contributed by atoms with Crippen LogP contribution < -0.4 is 10.1 Å². The van der Waals surface area contributed by atoms with E-state index in [9.17, 15) is 0 Å². The zero-order valence-corrected chi connectivity index (χ0v) is 10.9. The molecule has 2 rings (SSSR count). The van der Waals surface area contributed by atoms with Crippen LogP contribution in [0.15, 0.2) is 54.6 Å². The quantitative estimate of drug-likeness (QED) is 0.868. The van der Waals surface area contributed by atoms with Gasteiger partial charge in [-0.25, -0.2) is 0 Å². The van der Waals surface area contributed by atoms with Gasteiger partial charge in [0.15, 0.2) is 0 Å². The van der Waals surface area contributed by atoms with Gasteiger partial charge in [0, 0.05) is 12.5 Å². The van der Waals surface area contributed by atoms with Gasteiger partial charge in [0.2, 0.25) is 0 Å². The highest BCUT2D eigenvalue weighted by Gasteiger charge is 2.12. The summed E-state index contributed by atoms with van der Waals surface area (Å²) in [5, 5.41) is 3.26. The first-order valence-corrected chi connectivity index (χ1v) is 6.18. The van der Waals surface area contributed by atoms with Crippen molar-refractivity contribution in [3.63, 3.8) is 0 Å². The summed E-state index contributed by atoms with van der Waals surface area (Å²) in [6.45, 7) is 0.927. The molecule has 2 aromatic carbocycles. The molecule has 2 heteroatoms. The molecule has 1 N–H and O–H groups in total. The second-order valence-electron chi connectivity index (χ2n) is 4.29. The van der Waals surface area contributed by atoms with E-state index in [1.807, 2.05) is 25.2 Å². The minimum Gasteiger partial charge on any atom is -0.497 e. The summed E-state index contributed by atoms with van der Waals surface area (Å²) in [4.78, 5) is 0. The van der Waals surface area contributed by atoms with Crippen molar-refractivity contribution in [3.8, 4) is 5.75 Å². The van der Waals surface area contributed by atoms with Crippen molar-refractivity contribution in [1.82, 2.24) is 5.32 Å². The number of methoxy groups -OCH3 is 1. The van der Waals surface area contributed by atoms with Crippen LogP contribution in [-0.4, -0.2) is 20.7 Å². The van der Waals surface area contributed by atoms with E-state index in [2.05, 4.69) is 41.7 Å². The van der Waals surface area contributed by atoms with Gasteiger partial charge >= 0.3 is 0 Å². The van der Waals surface area contributed by atoms with Crippen LogP contribution in [-0.2, 0) is 0 Å². The van der Waals surface area contributed by atoms with E-state index in [0.717, 1.165) is 12.3 Å². The van der Waals surface area contributed by atoms with Crippen LogP contribution in [0.1, 0.15) is 17.0 Å². The fourth-order valence-electron chi connectivity index (χ4n) is 2.15. The summed E-state index contributed by atoms with van der Waals surface area (Å²) in [7, 11) is 3.68. The van der Waals surface area contributed by atoms with Gasteiger partial charge in [-0.3, -0.25) is 0 Å². The molecule has 0 aliphatic heterocycles. The Balaban J connectivity index is 2.29. The lowest BCUT2D eigenvalue weighted by atomic mass is 9.91. The summed E-state index contributed by atoms with van der Waals surface area (Å²) < 4.78 is 5.20. The fraction of sp³-hybridized carbons (Fsp3) is 0.250. The summed E-state index contributed by atoms with van der Waals surface area (Å²) in [5.41, 5.74) is 2.63. The largest absolute Gasteiger partial charge is 0.497 e. The van der Waals surface area contributed by atoms with E-state index in [1.54, 1.807) is 7.11 Å². The van der Waals surface area contributed by atoms with Crippen molar-refractivity contribution in [3.05, 3.63) is 65.7 Å². The molecule has 0 heterocycles. The number of nitrogens with one attached hydrogen (secondary N) is 1. The molecule has 0 bridgehead atoms. The van der Waals surface area contributed by atoms with Crippen LogP contribution in [0.4, 0.5) is 0 Å². The molecule has 0 radical (unpaired) electrons. The second kappa shape index (κ2) is 6.22. The van der Waals surface area contributed by atoms with Crippen LogP contribution in [0.25, 0.3) is 0 Å². The average molecular weight is 241 g/mol. The predicted molar refractivity (Wildman–Crippen MR) is 75.2 cm³/mol. The molecule has 18 heavy (non-hydrogen) atoms. The molecule has 0 fully saturated rings. The molecule has 2 nitrogen and oxygen atoms in total. The maximum absolute atomic E-state index is 5.20. The van der Waals surface area contributed by atoms with E-state index in [4.69, 9.17) is 4.74 Å². The predicted octanol–water partition coefficient (Wildman–Crippen LogP) is 3.05. The molecule has 0 aliphatic rings. The maximum atomic E-state index is 5.20. The van der Waals surface area contributed by atoms with Crippen LogP contribution >= 0.6 is 0 Å². The van der Waals surface area contributed by atoms with Crippen LogP contribution in [0, 0.1) is 0 Å². The number of likely N-dealkylation sites (N-methyl/N-ethyl adjacent to an activating group) is 1. The second-order valence-corrected chi connectivity index (χ2v) is 4.29. The maximum Gasteiger partial charge on any atom is 0.118 e. The molecular formula is C16H19NO. The molecule has 0 aromatic heterocycles. The Hall–Kier alpha value is -1.80. The highest BCUT2D eigenvalue weighted by atomic mass is 16.5. The number of hydrogen-bond donors (Lipinski definition) is 1. The van der Waals surface area contributed by atoms with E-state index in [1.165, 1.54) is 11.1 Å². The van der Waals surface area contributed by atoms with Crippen molar-refractivity contribution in [2.45, 2.75) is 5.92 Å². The lowest BCUT2D eigenvalue weighted by Crippen LogP contribution is -2.18. The van der Waals surface area contributed by atoms with Gasteiger partial charge in [-0.2, -0.15) is 0 Å². The summed E-state index contributed by atoms with van der Waals surface area (Å²) >= 11 is 0.